The molecule has 4 nitrogen and oxygen atoms in total. The quantitative estimate of drug-likeness (QED) is 0.818. The van der Waals surface area contributed by atoms with Crippen LogP contribution in [0, 0.1) is 5.92 Å². The summed E-state index contributed by atoms with van der Waals surface area (Å²) in [5.74, 6) is -0.690. The fourth-order valence-electron chi connectivity index (χ4n) is 1.90. The molecule has 1 aliphatic rings. The summed E-state index contributed by atoms with van der Waals surface area (Å²) in [7, 11) is 0. The van der Waals surface area contributed by atoms with E-state index < -0.39 is 11.6 Å². The van der Waals surface area contributed by atoms with Crippen molar-refractivity contribution in [3.8, 4) is 0 Å². The Bertz CT molecular complexity index is 389. The highest BCUT2D eigenvalue weighted by atomic mass is 16.5. The van der Waals surface area contributed by atoms with E-state index in [1.165, 1.54) is 0 Å². The van der Waals surface area contributed by atoms with Crippen molar-refractivity contribution in [3.05, 3.63) is 30.1 Å². The van der Waals surface area contributed by atoms with Gasteiger partial charge in [-0.05, 0) is 37.8 Å². The van der Waals surface area contributed by atoms with Gasteiger partial charge in [0.15, 0.2) is 5.60 Å². The largest absolute Gasteiger partial charge is 0.479 e. The van der Waals surface area contributed by atoms with E-state index in [-0.39, 0.29) is 5.92 Å². The highest BCUT2D eigenvalue weighted by Gasteiger charge is 2.48. The number of hydrogen-bond donors (Lipinski definition) is 1. The van der Waals surface area contributed by atoms with Crippen LogP contribution < -0.4 is 0 Å². The van der Waals surface area contributed by atoms with E-state index in [1.807, 2.05) is 18.2 Å². The molecule has 1 unspecified atom stereocenters. The monoisotopic (exact) mass is 235 g/mol. The van der Waals surface area contributed by atoms with E-state index in [4.69, 9.17) is 4.74 Å². The molecule has 1 saturated carbocycles. The van der Waals surface area contributed by atoms with Crippen molar-refractivity contribution in [1.29, 1.82) is 0 Å². The summed E-state index contributed by atoms with van der Waals surface area (Å²) in [5, 5.41) is 9.20. The summed E-state index contributed by atoms with van der Waals surface area (Å²) in [4.78, 5) is 15.4. The number of carboxylic acid groups (broad SMARTS) is 1. The number of carboxylic acids is 1. The second-order valence-electron chi connectivity index (χ2n) is 4.61. The molecule has 0 bridgehead atoms. The number of aliphatic carboxylic acids is 1. The first-order valence-corrected chi connectivity index (χ1v) is 5.90. The van der Waals surface area contributed by atoms with Crippen LogP contribution in [-0.2, 0) is 16.0 Å². The van der Waals surface area contributed by atoms with E-state index in [2.05, 4.69) is 4.98 Å². The predicted octanol–water partition coefficient (Wildman–Crippen LogP) is 1.89. The molecule has 4 heteroatoms. The van der Waals surface area contributed by atoms with Crippen molar-refractivity contribution in [3.63, 3.8) is 0 Å². The van der Waals surface area contributed by atoms with Gasteiger partial charge in [0.05, 0.1) is 6.61 Å². The Hall–Kier alpha value is -1.42. The normalized spacial score (nSPS) is 18.6. The molecular weight excluding hydrogens is 218 g/mol. The fourth-order valence-corrected chi connectivity index (χ4v) is 1.90. The summed E-state index contributed by atoms with van der Waals surface area (Å²) >= 11 is 0. The van der Waals surface area contributed by atoms with Crippen LogP contribution in [0.4, 0.5) is 0 Å². The van der Waals surface area contributed by atoms with Gasteiger partial charge in [0.25, 0.3) is 0 Å². The second-order valence-corrected chi connectivity index (χ2v) is 4.61. The highest BCUT2D eigenvalue weighted by molar-refractivity contribution is 5.77. The van der Waals surface area contributed by atoms with Gasteiger partial charge in [-0.1, -0.05) is 6.07 Å². The second kappa shape index (κ2) is 4.84. The summed E-state index contributed by atoms with van der Waals surface area (Å²) in [6.07, 6.45) is 4.28. The number of nitrogens with zero attached hydrogens (tertiary/aromatic N) is 1. The van der Waals surface area contributed by atoms with Crippen LogP contribution >= 0.6 is 0 Å². The van der Waals surface area contributed by atoms with Gasteiger partial charge in [-0.15, -0.1) is 0 Å². The van der Waals surface area contributed by atoms with Gasteiger partial charge in [0, 0.05) is 18.3 Å². The lowest BCUT2D eigenvalue weighted by Gasteiger charge is -2.25. The minimum absolute atomic E-state index is 0.170. The Balaban J connectivity index is 1.86. The Labute approximate surface area is 101 Å². The van der Waals surface area contributed by atoms with Gasteiger partial charge in [-0.2, -0.15) is 0 Å². The lowest BCUT2D eigenvalue weighted by atomic mass is 10.0. The lowest BCUT2D eigenvalue weighted by molar-refractivity contribution is -0.166. The molecule has 92 valence electrons. The van der Waals surface area contributed by atoms with Crippen LogP contribution in [0.3, 0.4) is 0 Å². The number of aromatic nitrogens is 1. The third-order valence-corrected chi connectivity index (χ3v) is 3.27. The van der Waals surface area contributed by atoms with Crippen LogP contribution in [0.5, 0.6) is 0 Å². The molecule has 0 spiro atoms. The van der Waals surface area contributed by atoms with E-state index in [1.54, 1.807) is 13.1 Å². The highest BCUT2D eigenvalue weighted by Crippen LogP contribution is 2.42. The first kappa shape index (κ1) is 12.0. The Morgan fingerprint density at radius 3 is 2.88 bits per heavy atom. The molecule has 0 aliphatic heterocycles. The Morgan fingerprint density at radius 1 is 1.59 bits per heavy atom. The number of rotatable bonds is 6. The molecule has 0 saturated heterocycles. The van der Waals surface area contributed by atoms with Gasteiger partial charge in [-0.25, -0.2) is 4.79 Å². The van der Waals surface area contributed by atoms with Crippen molar-refractivity contribution >= 4 is 5.97 Å². The molecule has 1 N–H and O–H groups in total. The zero-order valence-corrected chi connectivity index (χ0v) is 9.93. The molecule has 0 radical (unpaired) electrons. The molecule has 1 heterocycles. The fraction of sp³-hybridized carbons (Fsp3) is 0.538. The third-order valence-electron chi connectivity index (χ3n) is 3.27. The Morgan fingerprint density at radius 2 is 2.35 bits per heavy atom. The van der Waals surface area contributed by atoms with E-state index in [9.17, 15) is 9.90 Å². The molecule has 0 aromatic carbocycles. The van der Waals surface area contributed by atoms with Crippen molar-refractivity contribution in [1.82, 2.24) is 4.98 Å². The van der Waals surface area contributed by atoms with E-state index in [0.29, 0.717) is 13.0 Å². The SMILES string of the molecule is CC(OCCc1ccccn1)(C(=O)O)C1CC1. The zero-order valence-electron chi connectivity index (χ0n) is 9.93. The molecule has 1 atom stereocenters. The maximum atomic E-state index is 11.2. The molecule has 1 aromatic rings. The molecule has 1 aromatic heterocycles. The minimum atomic E-state index is -1.02. The summed E-state index contributed by atoms with van der Waals surface area (Å²) < 4.78 is 5.58. The average Bonchev–Trinajstić information content (AvgIpc) is 3.14. The van der Waals surface area contributed by atoms with Crippen LogP contribution in [0.15, 0.2) is 24.4 Å². The Kier molecular flexibility index (Phi) is 3.43. The smallest absolute Gasteiger partial charge is 0.335 e. The van der Waals surface area contributed by atoms with E-state index >= 15 is 0 Å². The number of carbonyl (C=O) groups is 1. The van der Waals surface area contributed by atoms with Crippen molar-refractivity contribution < 1.29 is 14.6 Å². The van der Waals surface area contributed by atoms with Crippen LogP contribution in [0.25, 0.3) is 0 Å². The zero-order chi connectivity index (χ0) is 12.3. The number of pyridine rings is 1. The van der Waals surface area contributed by atoms with Crippen molar-refractivity contribution in [2.75, 3.05) is 6.61 Å². The summed E-state index contributed by atoms with van der Waals surface area (Å²) in [6, 6.07) is 5.69. The van der Waals surface area contributed by atoms with Crippen LogP contribution in [0.1, 0.15) is 25.5 Å². The van der Waals surface area contributed by atoms with Gasteiger partial charge in [0.2, 0.25) is 0 Å². The molecular formula is C13H17NO3. The number of hydrogen-bond acceptors (Lipinski definition) is 3. The van der Waals surface area contributed by atoms with Gasteiger partial charge >= 0.3 is 5.97 Å². The average molecular weight is 235 g/mol. The molecule has 1 fully saturated rings. The van der Waals surface area contributed by atoms with Crippen LogP contribution in [0.2, 0.25) is 0 Å². The van der Waals surface area contributed by atoms with Crippen molar-refractivity contribution in [2.45, 2.75) is 31.8 Å². The topological polar surface area (TPSA) is 59.4 Å². The van der Waals surface area contributed by atoms with Gasteiger partial charge < -0.3 is 9.84 Å². The maximum absolute atomic E-state index is 11.2. The molecule has 17 heavy (non-hydrogen) atoms. The molecule has 2 rings (SSSR count). The lowest BCUT2D eigenvalue weighted by Crippen LogP contribution is -2.41. The maximum Gasteiger partial charge on any atom is 0.335 e. The first-order valence-electron chi connectivity index (χ1n) is 5.90. The summed E-state index contributed by atoms with van der Waals surface area (Å²) in [5.41, 5.74) is -0.0922. The first-order chi connectivity index (χ1) is 8.13. The van der Waals surface area contributed by atoms with E-state index in [0.717, 1.165) is 18.5 Å². The third kappa shape index (κ3) is 2.82. The minimum Gasteiger partial charge on any atom is -0.479 e. The standard InChI is InChI=1S/C13H17NO3/c1-13(12(15)16,10-5-6-10)17-9-7-11-4-2-3-8-14-11/h2-4,8,10H,5-7,9H2,1H3,(H,15,16). The predicted molar refractivity (Wildman–Crippen MR) is 62.7 cm³/mol. The van der Waals surface area contributed by atoms with Crippen molar-refractivity contribution in [2.24, 2.45) is 5.92 Å². The molecule has 0 amide bonds. The van der Waals surface area contributed by atoms with Crippen LogP contribution in [-0.4, -0.2) is 28.3 Å². The number of ether oxygens (including phenoxy) is 1. The summed E-state index contributed by atoms with van der Waals surface area (Å²) in [6.45, 7) is 2.07. The molecule has 1 aliphatic carbocycles. The van der Waals surface area contributed by atoms with Gasteiger partial charge in [-0.3, -0.25) is 4.98 Å². The van der Waals surface area contributed by atoms with Gasteiger partial charge in [0.1, 0.15) is 0 Å².